The van der Waals surface area contributed by atoms with Crippen LogP contribution in [0.25, 0.3) is 0 Å². The van der Waals surface area contributed by atoms with Gasteiger partial charge in [-0.15, -0.1) is 0 Å². The van der Waals surface area contributed by atoms with E-state index in [9.17, 15) is 14.9 Å². The van der Waals surface area contributed by atoms with Crippen LogP contribution in [0.4, 0.5) is 5.69 Å². The third-order valence-electron chi connectivity index (χ3n) is 1.53. The second kappa shape index (κ2) is 3.66. The Morgan fingerprint density at radius 3 is 2.62 bits per heavy atom. The maximum Gasteiger partial charge on any atom is 0.280 e. The molecule has 1 aromatic carbocycles. The van der Waals surface area contributed by atoms with E-state index in [0.717, 1.165) is 0 Å². The summed E-state index contributed by atoms with van der Waals surface area (Å²) >= 11 is 3.14. The number of rotatable bonds is 2. The number of nitro benzene ring substituents is 1. The summed E-state index contributed by atoms with van der Waals surface area (Å²) < 4.78 is 0.656. The van der Waals surface area contributed by atoms with E-state index in [2.05, 4.69) is 15.9 Å². The number of carbonyl (C=O) groups excluding carboxylic acids is 1. The zero-order valence-corrected chi connectivity index (χ0v) is 8.37. The molecule has 13 heavy (non-hydrogen) atoms. The number of halogens is 1. The van der Waals surface area contributed by atoms with Gasteiger partial charge in [0.25, 0.3) is 5.69 Å². The number of hydrogen-bond donors (Lipinski definition) is 0. The van der Waals surface area contributed by atoms with E-state index in [4.69, 9.17) is 0 Å². The van der Waals surface area contributed by atoms with E-state index < -0.39 is 4.92 Å². The predicted octanol–water partition coefficient (Wildman–Crippen LogP) is 2.56. The Hall–Kier alpha value is -1.23. The smallest absolute Gasteiger partial charge is 0.280 e. The molecule has 0 bridgehead atoms. The van der Waals surface area contributed by atoms with Gasteiger partial charge in [-0.3, -0.25) is 14.9 Å². The number of nitro groups is 1. The summed E-state index contributed by atoms with van der Waals surface area (Å²) in [6.45, 7) is 1.30. The van der Waals surface area contributed by atoms with E-state index >= 15 is 0 Å². The molecule has 0 fully saturated rings. The minimum absolute atomic E-state index is 0.124. The normalized spacial score (nSPS) is 9.69. The van der Waals surface area contributed by atoms with Gasteiger partial charge in [0, 0.05) is 10.5 Å². The third kappa shape index (κ3) is 2.12. The summed E-state index contributed by atoms with van der Waals surface area (Å²) in [6, 6.07) is 4.28. The van der Waals surface area contributed by atoms with Gasteiger partial charge in [0.15, 0.2) is 5.78 Å². The molecule has 0 amide bonds. The zero-order chi connectivity index (χ0) is 10.0. The summed E-state index contributed by atoms with van der Waals surface area (Å²) in [5, 5.41) is 10.5. The lowest BCUT2D eigenvalue weighted by Crippen LogP contribution is -1.99. The highest BCUT2D eigenvalue weighted by atomic mass is 79.9. The first-order valence-corrected chi connectivity index (χ1v) is 4.26. The molecule has 68 valence electrons. The molecule has 0 spiro atoms. The topological polar surface area (TPSA) is 60.2 Å². The first-order valence-electron chi connectivity index (χ1n) is 3.47. The van der Waals surface area contributed by atoms with Crippen molar-refractivity contribution in [2.45, 2.75) is 6.92 Å². The van der Waals surface area contributed by atoms with Crippen LogP contribution in [-0.2, 0) is 0 Å². The average Bonchev–Trinajstić information content (AvgIpc) is 2.03. The van der Waals surface area contributed by atoms with Crippen LogP contribution in [0.1, 0.15) is 17.3 Å². The molecule has 0 aromatic heterocycles. The van der Waals surface area contributed by atoms with E-state index in [1.807, 2.05) is 0 Å². The Labute approximate surface area is 82.8 Å². The fourth-order valence-electron chi connectivity index (χ4n) is 0.949. The van der Waals surface area contributed by atoms with Crippen LogP contribution < -0.4 is 0 Å². The monoisotopic (exact) mass is 243 g/mol. The highest BCUT2D eigenvalue weighted by molar-refractivity contribution is 9.10. The Bertz CT molecular complexity index is 376. The van der Waals surface area contributed by atoms with Gasteiger partial charge in [0.1, 0.15) is 0 Å². The molecule has 0 aliphatic heterocycles. The maximum atomic E-state index is 11.0. The highest BCUT2D eigenvalue weighted by Gasteiger charge is 2.16. The number of hydrogen-bond acceptors (Lipinski definition) is 3. The Morgan fingerprint density at radius 1 is 1.54 bits per heavy atom. The second-order valence-electron chi connectivity index (χ2n) is 2.47. The number of ketones is 1. The molecule has 0 radical (unpaired) electrons. The van der Waals surface area contributed by atoms with Gasteiger partial charge in [-0.05, 0) is 19.1 Å². The van der Waals surface area contributed by atoms with Gasteiger partial charge in [-0.2, -0.15) is 0 Å². The molecular weight excluding hydrogens is 238 g/mol. The molecule has 0 aliphatic rings. The van der Waals surface area contributed by atoms with Crippen LogP contribution in [0.2, 0.25) is 0 Å². The molecule has 0 aliphatic carbocycles. The van der Waals surface area contributed by atoms with Crippen molar-refractivity contribution in [1.29, 1.82) is 0 Å². The Morgan fingerprint density at radius 2 is 2.15 bits per heavy atom. The van der Waals surface area contributed by atoms with E-state index in [1.165, 1.54) is 25.1 Å². The lowest BCUT2D eigenvalue weighted by Gasteiger charge is -1.98. The van der Waals surface area contributed by atoms with Crippen molar-refractivity contribution in [3.05, 3.63) is 38.3 Å². The molecule has 0 heterocycles. The lowest BCUT2D eigenvalue weighted by atomic mass is 10.1. The van der Waals surface area contributed by atoms with Crippen molar-refractivity contribution in [3.8, 4) is 0 Å². The maximum absolute atomic E-state index is 11.0. The quantitative estimate of drug-likeness (QED) is 0.456. The second-order valence-corrected chi connectivity index (χ2v) is 3.39. The Balaban J connectivity index is 3.35. The minimum Gasteiger partial charge on any atom is -0.294 e. The van der Waals surface area contributed by atoms with Gasteiger partial charge in [-0.1, -0.05) is 15.9 Å². The van der Waals surface area contributed by atoms with Gasteiger partial charge in [0.2, 0.25) is 0 Å². The molecule has 0 saturated heterocycles. The van der Waals surface area contributed by atoms with Gasteiger partial charge in [-0.25, -0.2) is 0 Å². The summed E-state index contributed by atoms with van der Waals surface area (Å²) in [6.07, 6.45) is 0. The largest absolute Gasteiger partial charge is 0.294 e. The Kier molecular flexibility index (Phi) is 2.77. The fraction of sp³-hybridized carbons (Fsp3) is 0.125. The van der Waals surface area contributed by atoms with Crippen molar-refractivity contribution < 1.29 is 9.72 Å². The van der Waals surface area contributed by atoms with Crippen LogP contribution in [0.3, 0.4) is 0 Å². The number of nitrogens with zero attached hydrogens (tertiary/aromatic N) is 1. The zero-order valence-electron chi connectivity index (χ0n) is 6.78. The number of carbonyl (C=O) groups is 1. The summed E-state index contributed by atoms with van der Waals surface area (Å²) in [4.78, 5) is 20.9. The molecule has 4 nitrogen and oxygen atoms in total. The summed E-state index contributed by atoms with van der Waals surface area (Å²) in [5.41, 5.74) is -0.0323. The van der Waals surface area contributed by atoms with Crippen molar-refractivity contribution in [2.24, 2.45) is 0 Å². The average molecular weight is 244 g/mol. The van der Waals surface area contributed by atoms with Crippen LogP contribution in [0.15, 0.2) is 22.7 Å². The predicted molar refractivity (Wildman–Crippen MR) is 50.8 cm³/mol. The van der Waals surface area contributed by atoms with Crippen molar-refractivity contribution >= 4 is 27.4 Å². The van der Waals surface area contributed by atoms with E-state index in [-0.39, 0.29) is 17.0 Å². The summed E-state index contributed by atoms with van der Waals surface area (Å²) in [5.74, 6) is -0.312. The first kappa shape index (κ1) is 9.85. The van der Waals surface area contributed by atoms with Gasteiger partial charge in [0.05, 0.1) is 10.5 Å². The molecule has 5 heteroatoms. The van der Waals surface area contributed by atoms with Crippen LogP contribution in [0.5, 0.6) is 0 Å². The lowest BCUT2D eigenvalue weighted by molar-refractivity contribution is -0.385. The standard InChI is InChI=1S/C8H6BrNO3/c1-5(11)7-4-6(9)2-3-8(7)10(12)13/h2-4H,1H3. The fourth-order valence-corrected chi connectivity index (χ4v) is 1.31. The number of Topliss-reactive ketones (excluding diaryl/α,β-unsaturated/α-hetero) is 1. The molecule has 1 rings (SSSR count). The van der Waals surface area contributed by atoms with Crippen molar-refractivity contribution in [1.82, 2.24) is 0 Å². The first-order chi connectivity index (χ1) is 6.02. The van der Waals surface area contributed by atoms with Crippen molar-refractivity contribution in [2.75, 3.05) is 0 Å². The third-order valence-corrected chi connectivity index (χ3v) is 2.03. The molecule has 0 unspecified atom stereocenters. The van der Waals surface area contributed by atoms with Crippen molar-refractivity contribution in [3.63, 3.8) is 0 Å². The SMILES string of the molecule is CC(=O)c1cc(Br)ccc1[N+](=O)[O-]. The molecule has 0 N–H and O–H groups in total. The van der Waals surface area contributed by atoms with Gasteiger partial charge < -0.3 is 0 Å². The molecule has 0 saturated carbocycles. The van der Waals surface area contributed by atoms with E-state index in [1.54, 1.807) is 0 Å². The number of benzene rings is 1. The van der Waals surface area contributed by atoms with Crippen LogP contribution in [0, 0.1) is 10.1 Å². The van der Waals surface area contributed by atoms with Crippen LogP contribution >= 0.6 is 15.9 Å². The van der Waals surface area contributed by atoms with Crippen LogP contribution in [-0.4, -0.2) is 10.7 Å². The van der Waals surface area contributed by atoms with Gasteiger partial charge >= 0.3 is 0 Å². The summed E-state index contributed by atoms with van der Waals surface area (Å²) in [7, 11) is 0. The molecule has 1 aromatic rings. The molecular formula is C8H6BrNO3. The molecule has 0 atom stereocenters. The highest BCUT2D eigenvalue weighted by Crippen LogP contribution is 2.23. The van der Waals surface area contributed by atoms with E-state index in [0.29, 0.717) is 4.47 Å². The minimum atomic E-state index is -0.566.